The van der Waals surface area contributed by atoms with E-state index >= 15 is 0 Å². The Balaban J connectivity index is 1.76. The van der Waals surface area contributed by atoms with Crippen molar-refractivity contribution in [3.05, 3.63) is 24.2 Å². The minimum absolute atomic E-state index is 0.101. The Labute approximate surface area is 141 Å². The van der Waals surface area contributed by atoms with Gasteiger partial charge in [-0.2, -0.15) is 5.10 Å². The van der Waals surface area contributed by atoms with Crippen LogP contribution in [0.2, 0.25) is 0 Å². The Bertz CT molecular complexity index is 867. The van der Waals surface area contributed by atoms with E-state index in [9.17, 15) is 18.4 Å². The molecule has 3 amide bonds. The minimum Gasteiger partial charge on any atom is -0.362 e. The van der Waals surface area contributed by atoms with Gasteiger partial charge >= 0.3 is 6.03 Å². The second-order valence-electron chi connectivity index (χ2n) is 6.44. The number of halogens is 2. The van der Waals surface area contributed by atoms with Crippen LogP contribution in [0.5, 0.6) is 0 Å². The summed E-state index contributed by atoms with van der Waals surface area (Å²) < 4.78 is 29.4. The van der Waals surface area contributed by atoms with Gasteiger partial charge in [-0.25, -0.2) is 23.1 Å². The molecule has 25 heavy (non-hydrogen) atoms. The number of anilines is 1. The van der Waals surface area contributed by atoms with Gasteiger partial charge in [0.05, 0.1) is 23.8 Å². The van der Waals surface area contributed by atoms with E-state index in [0.29, 0.717) is 17.0 Å². The molecule has 2 fully saturated rings. The van der Waals surface area contributed by atoms with Gasteiger partial charge in [-0.1, -0.05) is 6.92 Å². The van der Waals surface area contributed by atoms with Gasteiger partial charge in [0.1, 0.15) is 0 Å². The molecule has 2 N–H and O–H groups in total. The highest BCUT2D eigenvalue weighted by atomic mass is 19.3. The smallest absolute Gasteiger partial charge is 0.321 e. The van der Waals surface area contributed by atoms with Gasteiger partial charge in [0.25, 0.3) is 5.92 Å². The van der Waals surface area contributed by atoms with E-state index in [0.717, 1.165) is 0 Å². The maximum atomic E-state index is 14.0. The first-order valence-corrected chi connectivity index (χ1v) is 7.91. The Morgan fingerprint density at radius 3 is 2.84 bits per heavy atom. The van der Waals surface area contributed by atoms with E-state index in [1.54, 1.807) is 17.2 Å². The van der Waals surface area contributed by atoms with Crippen molar-refractivity contribution in [1.29, 1.82) is 0 Å². The number of amides is 3. The summed E-state index contributed by atoms with van der Waals surface area (Å²) >= 11 is 0. The molecule has 1 unspecified atom stereocenters. The van der Waals surface area contributed by atoms with Gasteiger partial charge in [-0.05, 0) is 6.07 Å². The maximum Gasteiger partial charge on any atom is 0.321 e. The lowest BCUT2D eigenvalue weighted by molar-refractivity contribution is -0.122. The number of nitrogens with one attached hydrogen (secondary N) is 2. The second kappa shape index (κ2) is 5.36. The van der Waals surface area contributed by atoms with E-state index in [1.165, 1.54) is 17.6 Å². The summed E-state index contributed by atoms with van der Waals surface area (Å²) in [5.41, 5.74) is 1.35. The Kier molecular flexibility index (Phi) is 3.37. The summed E-state index contributed by atoms with van der Waals surface area (Å²) in [7, 11) is 0. The fraction of sp³-hybridized carbons (Fsp3) is 0.467. The molecule has 0 radical (unpaired) electrons. The van der Waals surface area contributed by atoms with Gasteiger partial charge < -0.3 is 10.2 Å². The SMILES string of the molecule is C[C@@H]1CN(c2cc(C3CNC(=O)NC3=O)nn3ccnc23)CC1(F)F. The molecule has 10 heteroatoms. The van der Waals surface area contributed by atoms with Crippen molar-refractivity contribution < 1.29 is 18.4 Å². The molecule has 0 bridgehead atoms. The van der Waals surface area contributed by atoms with Crippen LogP contribution in [0.25, 0.3) is 5.65 Å². The number of carbonyl (C=O) groups excluding carboxylic acids is 2. The molecule has 132 valence electrons. The minimum atomic E-state index is -2.79. The Morgan fingerprint density at radius 1 is 1.36 bits per heavy atom. The molecule has 2 atom stereocenters. The zero-order chi connectivity index (χ0) is 17.8. The quantitative estimate of drug-likeness (QED) is 0.834. The standard InChI is InChI=1S/C15H16F2N6O2/c1-8-6-22(7-15(8,16)17)11-4-10(21-23-3-2-18-12(11)23)9-5-19-14(25)20-13(9)24/h2-4,8-9H,5-7H2,1H3,(H2,19,20,24,25)/t8-,9?/m1/s1. The first-order chi connectivity index (χ1) is 11.8. The van der Waals surface area contributed by atoms with Crippen LogP contribution in [0.15, 0.2) is 18.5 Å². The summed E-state index contributed by atoms with van der Waals surface area (Å²) in [6.45, 7) is 1.39. The molecule has 0 spiro atoms. The van der Waals surface area contributed by atoms with Crippen molar-refractivity contribution in [3.8, 4) is 0 Å². The van der Waals surface area contributed by atoms with Crippen molar-refractivity contribution >= 4 is 23.3 Å². The van der Waals surface area contributed by atoms with E-state index in [-0.39, 0.29) is 13.1 Å². The van der Waals surface area contributed by atoms with Crippen LogP contribution in [0.4, 0.5) is 19.3 Å². The second-order valence-corrected chi connectivity index (χ2v) is 6.44. The lowest BCUT2D eigenvalue weighted by atomic mass is 10.0. The number of nitrogens with zero attached hydrogens (tertiary/aromatic N) is 4. The third-order valence-electron chi connectivity index (χ3n) is 4.69. The molecule has 2 aromatic rings. The first-order valence-electron chi connectivity index (χ1n) is 7.91. The number of hydrogen-bond acceptors (Lipinski definition) is 5. The van der Waals surface area contributed by atoms with Crippen molar-refractivity contribution in [1.82, 2.24) is 25.2 Å². The molecule has 0 aromatic carbocycles. The zero-order valence-electron chi connectivity index (χ0n) is 13.4. The molecule has 8 nitrogen and oxygen atoms in total. The summed E-state index contributed by atoms with van der Waals surface area (Å²) in [5, 5.41) is 9.08. The van der Waals surface area contributed by atoms with Gasteiger partial charge in [-0.3, -0.25) is 10.1 Å². The number of imide groups is 1. The predicted octanol–water partition coefficient (Wildman–Crippen LogP) is 0.744. The fourth-order valence-corrected chi connectivity index (χ4v) is 3.21. The van der Waals surface area contributed by atoms with Gasteiger partial charge in [0.2, 0.25) is 5.91 Å². The van der Waals surface area contributed by atoms with Crippen LogP contribution >= 0.6 is 0 Å². The molecule has 0 saturated carbocycles. The highest BCUT2D eigenvalue weighted by Gasteiger charge is 2.46. The van der Waals surface area contributed by atoms with Crippen LogP contribution in [0, 0.1) is 5.92 Å². The third kappa shape index (κ3) is 2.57. The normalized spacial score (nSPS) is 26.0. The molecule has 0 aliphatic carbocycles. The number of alkyl halides is 2. The highest BCUT2D eigenvalue weighted by Crippen LogP contribution is 2.37. The molecule has 2 saturated heterocycles. The highest BCUT2D eigenvalue weighted by molar-refractivity contribution is 6.00. The summed E-state index contributed by atoms with van der Waals surface area (Å²) in [4.78, 5) is 29.1. The number of hydrogen-bond donors (Lipinski definition) is 2. The molecular formula is C15H16F2N6O2. The van der Waals surface area contributed by atoms with Crippen molar-refractivity contribution in [2.45, 2.75) is 18.8 Å². The summed E-state index contributed by atoms with van der Waals surface area (Å²) in [6.07, 6.45) is 3.12. The van der Waals surface area contributed by atoms with Crippen LogP contribution in [-0.2, 0) is 4.79 Å². The van der Waals surface area contributed by atoms with E-state index in [4.69, 9.17) is 0 Å². The lowest BCUT2D eigenvalue weighted by Gasteiger charge is -2.24. The topological polar surface area (TPSA) is 91.6 Å². The van der Waals surface area contributed by atoms with Gasteiger partial charge in [-0.15, -0.1) is 0 Å². The van der Waals surface area contributed by atoms with E-state index in [2.05, 4.69) is 20.7 Å². The summed E-state index contributed by atoms with van der Waals surface area (Å²) in [5.74, 6) is -4.73. The number of fused-ring (bicyclic) bond motifs is 1. The summed E-state index contributed by atoms with van der Waals surface area (Å²) in [6, 6.07) is 1.05. The van der Waals surface area contributed by atoms with Gasteiger partial charge in [0.15, 0.2) is 5.65 Å². The third-order valence-corrected chi connectivity index (χ3v) is 4.69. The molecular weight excluding hydrogens is 334 g/mol. The average molecular weight is 350 g/mol. The molecule has 2 aliphatic heterocycles. The first kappa shape index (κ1) is 15.7. The number of carbonyl (C=O) groups is 2. The number of urea groups is 1. The van der Waals surface area contributed by atoms with E-state index < -0.39 is 36.2 Å². The van der Waals surface area contributed by atoms with Crippen LogP contribution in [0.1, 0.15) is 18.5 Å². The number of imidazole rings is 1. The number of rotatable bonds is 2. The Hall–Kier alpha value is -2.78. The van der Waals surface area contributed by atoms with Crippen LogP contribution < -0.4 is 15.5 Å². The van der Waals surface area contributed by atoms with Gasteiger partial charge in [0, 0.05) is 31.4 Å². The molecule has 2 aromatic heterocycles. The van der Waals surface area contributed by atoms with E-state index in [1.807, 2.05) is 0 Å². The average Bonchev–Trinajstić information content (AvgIpc) is 3.11. The van der Waals surface area contributed by atoms with Crippen molar-refractivity contribution in [2.24, 2.45) is 5.92 Å². The van der Waals surface area contributed by atoms with Crippen molar-refractivity contribution in [2.75, 3.05) is 24.5 Å². The molecule has 4 heterocycles. The van der Waals surface area contributed by atoms with Crippen LogP contribution in [-0.4, -0.2) is 52.1 Å². The monoisotopic (exact) mass is 350 g/mol. The molecule has 4 rings (SSSR count). The number of aromatic nitrogens is 3. The molecule has 2 aliphatic rings. The predicted molar refractivity (Wildman–Crippen MR) is 83.6 cm³/mol. The largest absolute Gasteiger partial charge is 0.362 e. The van der Waals surface area contributed by atoms with Crippen LogP contribution in [0.3, 0.4) is 0 Å². The zero-order valence-corrected chi connectivity index (χ0v) is 13.4. The lowest BCUT2D eigenvalue weighted by Crippen LogP contribution is -2.51. The Morgan fingerprint density at radius 2 is 2.16 bits per heavy atom. The maximum absolute atomic E-state index is 14.0. The van der Waals surface area contributed by atoms with Crippen molar-refractivity contribution in [3.63, 3.8) is 0 Å². The fourth-order valence-electron chi connectivity index (χ4n) is 3.21.